The van der Waals surface area contributed by atoms with Gasteiger partial charge in [-0.05, 0) is 36.8 Å². The Morgan fingerprint density at radius 3 is 2.82 bits per heavy atom. The van der Waals surface area contributed by atoms with Crippen molar-refractivity contribution in [3.63, 3.8) is 0 Å². The van der Waals surface area contributed by atoms with Crippen LogP contribution in [0.3, 0.4) is 0 Å². The number of para-hydroxylation sites is 1. The molecule has 0 aliphatic rings. The molecule has 0 aliphatic heterocycles. The maximum atomic E-state index is 12.0. The van der Waals surface area contributed by atoms with Crippen LogP contribution < -0.4 is 5.32 Å². The van der Waals surface area contributed by atoms with Gasteiger partial charge in [-0.15, -0.1) is 16.9 Å². The zero-order chi connectivity index (χ0) is 12.3. The van der Waals surface area contributed by atoms with Crippen molar-refractivity contribution in [3.05, 3.63) is 34.8 Å². The molecule has 2 rings (SSSR count). The first kappa shape index (κ1) is 12.1. The molecule has 0 bridgehead atoms. The molecular formula is C11H11N3OS2. The number of amides is 1. The minimum Gasteiger partial charge on any atom is -0.320 e. The highest BCUT2D eigenvalue weighted by atomic mass is 32.2. The van der Waals surface area contributed by atoms with Gasteiger partial charge in [0.15, 0.2) is 0 Å². The van der Waals surface area contributed by atoms with E-state index in [1.807, 2.05) is 30.5 Å². The first-order valence-electron chi connectivity index (χ1n) is 4.95. The van der Waals surface area contributed by atoms with E-state index in [0.717, 1.165) is 22.1 Å². The summed E-state index contributed by atoms with van der Waals surface area (Å²) < 4.78 is 3.75. The van der Waals surface area contributed by atoms with Crippen LogP contribution in [0.5, 0.6) is 0 Å². The Kier molecular flexibility index (Phi) is 3.75. The molecule has 0 radical (unpaired) electrons. The van der Waals surface area contributed by atoms with E-state index in [-0.39, 0.29) is 5.91 Å². The molecule has 1 amide bonds. The predicted octanol–water partition coefficient (Wildman–Crippen LogP) is 2.82. The van der Waals surface area contributed by atoms with Gasteiger partial charge in [0, 0.05) is 4.90 Å². The smallest absolute Gasteiger partial charge is 0.269 e. The fourth-order valence-electron chi connectivity index (χ4n) is 1.37. The van der Waals surface area contributed by atoms with Crippen LogP contribution >= 0.6 is 23.3 Å². The number of hydrogen-bond donors (Lipinski definition) is 1. The highest BCUT2D eigenvalue weighted by molar-refractivity contribution is 7.98. The van der Waals surface area contributed by atoms with Crippen molar-refractivity contribution in [2.75, 3.05) is 11.6 Å². The van der Waals surface area contributed by atoms with E-state index in [0.29, 0.717) is 10.6 Å². The van der Waals surface area contributed by atoms with Crippen molar-refractivity contribution >= 4 is 34.9 Å². The average Bonchev–Trinajstić information content (AvgIpc) is 2.76. The van der Waals surface area contributed by atoms with E-state index < -0.39 is 0 Å². The summed E-state index contributed by atoms with van der Waals surface area (Å²) in [6.07, 6.45) is 1.98. The van der Waals surface area contributed by atoms with Crippen LogP contribution in [0.15, 0.2) is 29.2 Å². The van der Waals surface area contributed by atoms with E-state index in [9.17, 15) is 4.79 Å². The molecule has 6 heteroatoms. The number of hydrogen-bond acceptors (Lipinski definition) is 5. The molecule has 0 unspecified atom stereocenters. The van der Waals surface area contributed by atoms with Gasteiger partial charge < -0.3 is 5.32 Å². The van der Waals surface area contributed by atoms with Crippen LogP contribution in [0.1, 0.15) is 15.4 Å². The van der Waals surface area contributed by atoms with Crippen molar-refractivity contribution in [1.82, 2.24) is 9.59 Å². The summed E-state index contributed by atoms with van der Waals surface area (Å²) >= 11 is 2.71. The number of rotatable bonds is 3. The number of anilines is 1. The van der Waals surface area contributed by atoms with Gasteiger partial charge in [-0.2, -0.15) is 0 Å². The van der Waals surface area contributed by atoms with Crippen LogP contribution in [-0.4, -0.2) is 21.7 Å². The zero-order valence-electron chi connectivity index (χ0n) is 9.43. The van der Waals surface area contributed by atoms with Crippen LogP contribution in [-0.2, 0) is 0 Å². The maximum absolute atomic E-state index is 12.0. The maximum Gasteiger partial charge on any atom is 0.269 e. The third kappa shape index (κ3) is 2.65. The standard InChI is InChI=1S/C11H11N3OS2/c1-7-10(17-14-13-7)11(15)12-8-5-3-4-6-9(8)16-2/h3-6H,1-2H3,(H,12,15). The van der Waals surface area contributed by atoms with Gasteiger partial charge in [0.1, 0.15) is 4.88 Å². The Morgan fingerprint density at radius 1 is 1.41 bits per heavy atom. The van der Waals surface area contributed by atoms with E-state index in [1.54, 1.807) is 18.7 Å². The molecule has 0 saturated carbocycles. The molecule has 1 N–H and O–H groups in total. The highest BCUT2D eigenvalue weighted by Gasteiger charge is 2.14. The molecule has 1 aromatic heterocycles. The lowest BCUT2D eigenvalue weighted by atomic mass is 10.3. The van der Waals surface area contributed by atoms with Crippen molar-refractivity contribution < 1.29 is 4.79 Å². The summed E-state index contributed by atoms with van der Waals surface area (Å²) in [6.45, 7) is 1.78. The second kappa shape index (κ2) is 5.29. The van der Waals surface area contributed by atoms with Gasteiger partial charge in [0.05, 0.1) is 11.4 Å². The number of nitrogens with one attached hydrogen (secondary N) is 1. The second-order valence-electron chi connectivity index (χ2n) is 3.34. The normalized spacial score (nSPS) is 10.2. The average molecular weight is 265 g/mol. The highest BCUT2D eigenvalue weighted by Crippen LogP contribution is 2.25. The van der Waals surface area contributed by atoms with E-state index in [1.165, 1.54) is 0 Å². The summed E-state index contributed by atoms with van der Waals surface area (Å²) in [5.41, 5.74) is 1.48. The number of carbonyl (C=O) groups is 1. The molecule has 0 spiro atoms. The lowest BCUT2D eigenvalue weighted by molar-refractivity contribution is 0.102. The third-order valence-electron chi connectivity index (χ3n) is 2.21. The number of aromatic nitrogens is 2. The van der Waals surface area contributed by atoms with Crippen LogP contribution in [0.2, 0.25) is 0 Å². The van der Waals surface area contributed by atoms with Gasteiger partial charge >= 0.3 is 0 Å². The SMILES string of the molecule is CSc1ccccc1NC(=O)c1snnc1C. The fourth-order valence-corrected chi connectivity index (χ4v) is 2.47. The molecule has 0 aliphatic carbocycles. The second-order valence-corrected chi connectivity index (χ2v) is 4.94. The number of thioether (sulfide) groups is 1. The number of carbonyl (C=O) groups excluding carboxylic acids is 1. The molecule has 1 heterocycles. The topological polar surface area (TPSA) is 54.9 Å². The van der Waals surface area contributed by atoms with Crippen molar-refractivity contribution in [3.8, 4) is 0 Å². The minimum atomic E-state index is -0.154. The van der Waals surface area contributed by atoms with Crippen molar-refractivity contribution in [2.24, 2.45) is 0 Å². The summed E-state index contributed by atoms with van der Waals surface area (Å²) in [6, 6.07) is 7.69. The van der Waals surface area contributed by atoms with Gasteiger partial charge in [-0.3, -0.25) is 4.79 Å². The summed E-state index contributed by atoms with van der Waals surface area (Å²) in [5, 5.41) is 6.70. The molecule has 0 saturated heterocycles. The minimum absolute atomic E-state index is 0.154. The molecule has 0 fully saturated rings. The molecule has 0 atom stereocenters. The third-order valence-corrected chi connectivity index (χ3v) is 3.84. The molecule has 17 heavy (non-hydrogen) atoms. The fraction of sp³-hybridized carbons (Fsp3) is 0.182. The quantitative estimate of drug-likeness (QED) is 0.867. The predicted molar refractivity (Wildman–Crippen MR) is 70.8 cm³/mol. The molecular weight excluding hydrogens is 254 g/mol. The molecule has 1 aromatic carbocycles. The number of nitrogens with zero attached hydrogens (tertiary/aromatic N) is 2. The molecule has 2 aromatic rings. The molecule has 4 nitrogen and oxygen atoms in total. The lowest BCUT2D eigenvalue weighted by Gasteiger charge is -2.07. The van der Waals surface area contributed by atoms with E-state index in [2.05, 4.69) is 14.9 Å². The first-order chi connectivity index (χ1) is 8.22. The van der Waals surface area contributed by atoms with E-state index >= 15 is 0 Å². The largest absolute Gasteiger partial charge is 0.320 e. The van der Waals surface area contributed by atoms with Gasteiger partial charge in [0.2, 0.25) is 0 Å². The van der Waals surface area contributed by atoms with Gasteiger partial charge in [0.25, 0.3) is 5.91 Å². The van der Waals surface area contributed by atoms with Crippen molar-refractivity contribution in [1.29, 1.82) is 0 Å². The summed E-state index contributed by atoms with van der Waals surface area (Å²) in [4.78, 5) is 13.6. The molecule has 88 valence electrons. The Morgan fingerprint density at radius 2 is 2.18 bits per heavy atom. The van der Waals surface area contributed by atoms with Crippen LogP contribution in [0.25, 0.3) is 0 Å². The summed E-state index contributed by atoms with van der Waals surface area (Å²) in [5.74, 6) is -0.154. The zero-order valence-corrected chi connectivity index (χ0v) is 11.1. The summed E-state index contributed by atoms with van der Waals surface area (Å²) in [7, 11) is 0. The van der Waals surface area contributed by atoms with Gasteiger partial charge in [-0.1, -0.05) is 16.6 Å². The Bertz CT molecular complexity index is 539. The monoisotopic (exact) mass is 265 g/mol. The van der Waals surface area contributed by atoms with Crippen molar-refractivity contribution in [2.45, 2.75) is 11.8 Å². The lowest BCUT2D eigenvalue weighted by Crippen LogP contribution is -2.12. The Labute approximate surface area is 108 Å². The first-order valence-corrected chi connectivity index (χ1v) is 6.95. The number of aryl methyl sites for hydroxylation is 1. The Balaban J connectivity index is 2.22. The van der Waals surface area contributed by atoms with Crippen LogP contribution in [0, 0.1) is 6.92 Å². The Hall–Kier alpha value is -1.40. The number of benzene rings is 1. The van der Waals surface area contributed by atoms with E-state index in [4.69, 9.17) is 0 Å². The van der Waals surface area contributed by atoms with Gasteiger partial charge in [-0.25, -0.2) is 0 Å². The van der Waals surface area contributed by atoms with Crippen LogP contribution in [0.4, 0.5) is 5.69 Å².